The summed E-state index contributed by atoms with van der Waals surface area (Å²) in [5.74, 6) is -0.857. The number of hydrogen-bond acceptors (Lipinski definition) is 2. The maximum atomic E-state index is 11.4. The van der Waals surface area contributed by atoms with Crippen molar-refractivity contribution in [1.82, 2.24) is 9.88 Å². The predicted molar refractivity (Wildman–Crippen MR) is 84.0 cm³/mol. The predicted octanol–water partition coefficient (Wildman–Crippen LogP) is 3.20. The molecule has 2 heterocycles. The Labute approximate surface area is 124 Å². The SMILES string of the molecule is Cc1[nH]c2ccc(CCN3CCCC3C)cc2c1C(=O)O. The van der Waals surface area contributed by atoms with E-state index >= 15 is 0 Å². The molecule has 1 fully saturated rings. The maximum absolute atomic E-state index is 11.4. The molecular formula is C17H22N2O2. The zero-order valence-electron chi connectivity index (χ0n) is 12.6. The molecule has 3 rings (SSSR count). The lowest BCUT2D eigenvalue weighted by molar-refractivity contribution is 0.0698. The van der Waals surface area contributed by atoms with Crippen molar-refractivity contribution in [2.45, 2.75) is 39.2 Å². The van der Waals surface area contributed by atoms with Crippen LogP contribution in [0.5, 0.6) is 0 Å². The maximum Gasteiger partial charge on any atom is 0.338 e. The highest BCUT2D eigenvalue weighted by molar-refractivity contribution is 6.04. The zero-order valence-corrected chi connectivity index (χ0v) is 12.6. The molecule has 112 valence electrons. The zero-order chi connectivity index (χ0) is 15.0. The molecule has 0 saturated carbocycles. The molecule has 1 aromatic heterocycles. The largest absolute Gasteiger partial charge is 0.478 e. The summed E-state index contributed by atoms with van der Waals surface area (Å²) in [6, 6.07) is 6.81. The summed E-state index contributed by atoms with van der Waals surface area (Å²) < 4.78 is 0. The van der Waals surface area contributed by atoms with Gasteiger partial charge in [-0.1, -0.05) is 6.07 Å². The summed E-state index contributed by atoms with van der Waals surface area (Å²) in [6.45, 7) is 6.34. The monoisotopic (exact) mass is 286 g/mol. The lowest BCUT2D eigenvalue weighted by atomic mass is 10.1. The number of H-pyrrole nitrogens is 1. The number of hydrogen-bond donors (Lipinski definition) is 2. The Morgan fingerprint density at radius 1 is 1.48 bits per heavy atom. The summed E-state index contributed by atoms with van der Waals surface area (Å²) in [6.07, 6.45) is 3.56. The summed E-state index contributed by atoms with van der Waals surface area (Å²) in [5, 5.41) is 10.2. The van der Waals surface area contributed by atoms with E-state index in [2.05, 4.69) is 22.9 Å². The van der Waals surface area contributed by atoms with Gasteiger partial charge in [0.25, 0.3) is 0 Å². The number of carboxylic acids is 1. The number of aromatic amines is 1. The molecular weight excluding hydrogens is 264 g/mol. The van der Waals surface area contributed by atoms with Crippen molar-refractivity contribution in [2.24, 2.45) is 0 Å². The van der Waals surface area contributed by atoms with Crippen LogP contribution in [0.4, 0.5) is 0 Å². The number of aromatic nitrogens is 1. The van der Waals surface area contributed by atoms with Crippen LogP contribution in [0.1, 0.15) is 41.4 Å². The molecule has 1 aliphatic rings. The molecule has 1 aliphatic heterocycles. The van der Waals surface area contributed by atoms with Crippen LogP contribution in [-0.2, 0) is 6.42 Å². The molecule has 0 spiro atoms. The molecule has 1 unspecified atom stereocenters. The van der Waals surface area contributed by atoms with Gasteiger partial charge in [-0.25, -0.2) is 4.79 Å². The van der Waals surface area contributed by atoms with Crippen molar-refractivity contribution in [2.75, 3.05) is 13.1 Å². The van der Waals surface area contributed by atoms with Crippen molar-refractivity contribution in [3.05, 3.63) is 35.0 Å². The van der Waals surface area contributed by atoms with Crippen LogP contribution in [0.15, 0.2) is 18.2 Å². The number of benzene rings is 1. The second-order valence-corrected chi connectivity index (χ2v) is 6.09. The van der Waals surface area contributed by atoms with Crippen LogP contribution in [0.3, 0.4) is 0 Å². The molecule has 1 aromatic carbocycles. The minimum atomic E-state index is -0.857. The molecule has 0 amide bonds. The minimum Gasteiger partial charge on any atom is -0.478 e. The van der Waals surface area contributed by atoms with E-state index in [9.17, 15) is 9.90 Å². The molecule has 0 aliphatic carbocycles. The third-order valence-corrected chi connectivity index (χ3v) is 4.64. The lowest BCUT2D eigenvalue weighted by Crippen LogP contribution is -2.28. The smallest absolute Gasteiger partial charge is 0.338 e. The molecule has 0 bridgehead atoms. The highest BCUT2D eigenvalue weighted by atomic mass is 16.4. The van der Waals surface area contributed by atoms with Gasteiger partial charge in [0.15, 0.2) is 0 Å². The third-order valence-electron chi connectivity index (χ3n) is 4.64. The van der Waals surface area contributed by atoms with Crippen molar-refractivity contribution >= 4 is 16.9 Å². The van der Waals surface area contributed by atoms with Gasteiger partial charge in [-0.05, 0) is 57.4 Å². The quantitative estimate of drug-likeness (QED) is 0.907. The van der Waals surface area contributed by atoms with Gasteiger partial charge in [-0.2, -0.15) is 0 Å². The van der Waals surface area contributed by atoms with Crippen molar-refractivity contribution in [1.29, 1.82) is 0 Å². The number of aromatic carboxylic acids is 1. The molecule has 1 atom stereocenters. The number of nitrogens with zero attached hydrogens (tertiary/aromatic N) is 1. The Hall–Kier alpha value is -1.81. The third kappa shape index (κ3) is 2.68. The van der Waals surface area contributed by atoms with Gasteiger partial charge in [0, 0.05) is 29.2 Å². The Bertz CT molecular complexity index is 675. The second kappa shape index (κ2) is 5.53. The summed E-state index contributed by atoms with van der Waals surface area (Å²) in [4.78, 5) is 17.1. The minimum absolute atomic E-state index is 0.404. The first-order valence-electron chi connectivity index (χ1n) is 7.65. The van der Waals surface area contributed by atoms with E-state index < -0.39 is 5.97 Å². The highest BCUT2D eigenvalue weighted by Gasteiger charge is 2.20. The van der Waals surface area contributed by atoms with Crippen molar-refractivity contribution < 1.29 is 9.90 Å². The summed E-state index contributed by atoms with van der Waals surface area (Å²) >= 11 is 0. The highest BCUT2D eigenvalue weighted by Crippen LogP contribution is 2.24. The first kappa shape index (κ1) is 14.1. The topological polar surface area (TPSA) is 56.3 Å². The number of rotatable bonds is 4. The summed E-state index contributed by atoms with van der Waals surface area (Å²) in [7, 11) is 0. The fourth-order valence-electron chi connectivity index (χ4n) is 3.40. The van der Waals surface area contributed by atoms with E-state index in [4.69, 9.17) is 0 Å². The Balaban J connectivity index is 1.83. The second-order valence-electron chi connectivity index (χ2n) is 6.09. The average molecular weight is 286 g/mol. The molecule has 1 saturated heterocycles. The molecule has 4 nitrogen and oxygen atoms in total. The molecule has 2 aromatic rings. The van der Waals surface area contributed by atoms with Gasteiger partial charge in [-0.15, -0.1) is 0 Å². The number of aryl methyl sites for hydroxylation is 1. The molecule has 4 heteroatoms. The van der Waals surface area contributed by atoms with Crippen LogP contribution in [0.25, 0.3) is 10.9 Å². The van der Waals surface area contributed by atoms with Crippen LogP contribution in [0.2, 0.25) is 0 Å². The van der Waals surface area contributed by atoms with Gasteiger partial charge < -0.3 is 15.0 Å². The average Bonchev–Trinajstić information content (AvgIpc) is 2.98. The fourth-order valence-corrected chi connectivity index (χ4v) is 3.40. The number of nitrogens with one attached hydrogen (secondary N) is 1. The van der Waals surface area contributed by atoms with Crippen LogP contribution in [-0.4, -0.2) is 40.1 Å². The van der Waals surface area contributed by atoms with Crippen LogP contribution in [0, 0.1) is 6.92 Å². The molecule has 2 N–H and O–H groups in total. The number of likely N-dealkylation sites (tertiary alicyclic amines) is 1. The van der Waals surface area contributed by atoms with E-state index in [1.807, 2.05) is 19.1 Å². The lowest BCUT2D eigenvalue weighted by Gasteiger charge is -2.20. The number of carbonyl (C=O) groups is 1. The standard InChI is InChI=1S/C17H22N2O2/c1-11-4-3-8-19(11)9-7-13-5-6-15-14(10-13)16(17(20)21)12(2)18-15/h5-6,10-11,18H,3-4,7-9H2,1-2H3,(H,20,21). The van der Waals surface area contributed by atoms with Crippen LogP contribution >= 0.6 is 0 Å². The number of fused-ring (bicyclic) bond motifs is 1. The molecule has 21 heavy (non-hydrogen) atoms. The van der Waals surface area contributed by atoms with Gasteiger partial charge in [0.05, 0.1) is 5.56 Å². The van der Waals surface area contributed by atoms with Gasteiger partial charge >= 0.3 is 5.97 Å². The van der Waals surface area contributed by atoms with Gasteiger partial charge in [0.1, 0.15) is 0 Å². The Morgan fingerprint density at radius 3 is 2.95 bits per heavy atom. The van der Waals surface area contributed by atoms with E-state index in [0.29, 0.717) is 11.6 Å². The van der Waals surface area contributed by atoms with E-state index in [-0.39, 0.29) is 0 Å². The summed E-state index contributed by atoms with van der Waals surface area (Å²) in [5.41, 5.74) is 3.25. The Morgan fingerprint density at radius 2 is 2.29 bits per heavy atom. The van der Waals surface area contributed by atoms with Crippen LogP contribution < -0.4 is 0 Å². The van der Waals surface area contributed by atoms with E-state index in [1.54, 1.807) is 0 Å². The fraction of sp³-hybridized carbons (Fsp3) is 0.471. The van der Waals surface area contributed by atoms with Gasteiger partial charge in [-0.3, -0.25) is 0 Å². The first-order valence-corrected chi connectivity index (χ1v) is 7.65. The van der Waals surface area contributed by atoms with E-state index in [1.165, 1.54) is 24.9 Å². The number of carboxylic acid groups (broad SMARTS) is 1. The Kier molecular flexibility index (Phi) is 3.72. The van der Waals surface area contributed by atoms with Gasteiger partial charge in [0.2, 0.25) is 0 Å². The first-order chi connectivity index (χ1) is 10.1. The van der Waals surface area contributed by atoms with Crippen molar-refractivity contribution in [3.8, 4) is 0 Å². The normalized spacial score (nSPS) is 19.4. The van der Waals surface area contributed by atoms with Crippen molar-refractivity contribution in [3.63, 3.8) is 0 Å². The molecule has 0 radical (unpaired) electrons. The van der Waals surface area contributed by atoms with E-state index in [0.717, 1.165) is 29.6 Å².